The maximum absolute atomic E-state index is 13.9. The van der Waals surface area contributed by atoms with E-state index in [0.717, 1.165) is 26.6 Å². The Morgan fingerprint density at radius 2 is 1.35 bits per heavy atom. The summed E-state index contributed by atoms with van der Waals surface area (Å²) in [6.45, 7) is 7.03. The Hall–Kier alpha value is -3.52. The van der Waals surface area contributed by atoms with E-state index in [9.17, 15) is 13.2 Å². The smallest absolute Gasteiger partial charge is 0.268 e. The van der Waals surface area contributed by atoms with E-state index >= 15 is 0 Å². The zero-order valence-corrected chi connectivity index (χ0v) is 21.1. The number of hydrogen-bond donors (Lipinski definition) is 1. The van der Waals surface area contributed by atoms with Gasteiger partial charge in [-0.05, 0) is 86.3 Å². The number of rotatable bonds is 8. The minimum atomic E-state index is -4.15. The van der Waals surface area contributed by atoms with Crippen molar-refractivity contribution in [3.05, 3.63) is 76.9 Å². The van der Waals surface area contributed by atoms with Gasteiger partial charge in [-0.15, -0.1) is 0 Å². The number of anilines is 2. The van der Waals surface area contributed by atoms with Crippen LogP contribution in [0.25, 0.3) is 0 Å². The van der Waals surface area contributed by atoms with Gasteiger partial charge in [0.1, 0.15) is 22.9 Å². The summed E-state index contributed by atoms with van der Waals surface area (Å²) in [6.07, 6.45) is 0. The van der Waals surface area contributed by atoms with Crippen molar-refractivity contribution in [2.45, 2.75) is 32.6 Å². The highest BCUT2D eigenvalue weighted by molar-refractivity contribution is 7.93. The number of ether oxygens (including phenoxy) is 2. The molecule has 1 N–H and O–H groups in total. The van der Waals surface area contributed by atoms with Crippen molar-refractivity contribution in [2.75, 3.05) is 30.4 Å². The van der Waals surface area contributed by atoms with Crippen molar-refractivity contribution < 1.29 is 22.7 Å². The predicted molar refractivity (Wildman–Crippen MR) is 135 cm³/mol. The maximum atomic E-state index is 13.9. The molecule has 0 bridgehead atoms. The molecule has 1 amide bonds. The minimum absolute atomic E-state index is 0.00454. The summed E-state index contributed by atoms with van der Waals surface area (Å²) in [7, 11) is -1.22. The third kappa shape index (κ3) is 5.51. The summed E-state index contributed by atoms with van der Waals surface area (Å²) in [4.78, 5) is 13.1. The fourth-order valence-corrected chi connectivity index (χ4v) is 5.40. The highest BCUT2D eigenvalue weighted by Gasteiger charge is 2.30. The number of amides is 1. The van der Waals surface area contributed by atoms with Crippen LogP contribution < -0.4 is 19.1 Å². The standard InChI is InChI=1S/C26H30N2O5S/c1-17-7-9-23(32-5)22(14-17)27-26(29)16-28(21-12-19(3)11-20(4)13-21)34(30,31)25-15-18(2)8-10-24(25)33-6/h7-15H,16H2,1-6H3,(H,27,29). The van der Waals surface area contributed by atoms with E-state index in [0.29, 0.717) is 17.1 Å². The van der Waals surface area contributed by atoms with Gasteiger partial charge in [-0.25, -0.2) is 8.42 Å². The molecular formula is C26H30N2O5S. The van der Waals surface area contributed by atoms with E-state index in [-0.39, 0.29) is 10.6 Å². The minimum Gasteiger partial charge on any atom is -0.495 e. The molecule has 0 unspecified atom stereocenters. The number of nitrogens with one attached hydrogen (secondary N) is 1. The van der Waals surface area contributed by atoms with Gasteiger partial charge < -0.3 is 14.8 Å². The van der Waals surface area contributed by atoms with Gasteiger partial charge in [-0.2, -0.15) is 0 Å². The largest absolute Gasteiger partial charge is 0.495 e. The second-order valence-electron chi connectivity index (χ2n) is 8.26. The first-order chi connectivity index (χ1) is 16.0. The number of benzene rings is 3. The van der Waals surface area contributed by atoms with Gasteiger partial charge in [0, 0.05) is 0 Å². The van der Waals surface area contributed by atoms with Crippen LogP contribution in [-0.2, 0) is 14.8 Å². The van der Waals surface area contributed by atoms with Crippen molar-refractivity contribution in [1.29, 1.82) is 0 Å². The number of aryl methyl sites for hydroxylation is 4. The van der Waals surface area contributed by atoms with Crippen molar-refractivity contribution in [3.63, 3.8) is 0 Å². The molecule has 0 aliphatic rings. The summed E-state index contributed by atoms with van der Waals surface area (Å²) in [6, 6.07) is 15.8. The molecule has 3 aromatic carbocycles. The second kappa shape index (κ2) is 10.2. The molecule has 0 saturated carbocycles. The zero-order chi connectivity index (χ0) is 25.0. The molecule has 0 aromatic heterocycles. The Balaban J connectivity index is 2.08. The number of hydrogen-bond acceptors (Lipinski definition) is 5. The van der Waals surface area contributed by atoms with Gasteiger partial charge in [-0.1, -0.05) is 18.2 Å². The maximum Gasteiger partial charge on any atom is 0.268 e. The quantitative estimate of drug-likeness (QED) is 0.500. The zero-order valence-electron chi connectivity index (χ0n) is 20.3. The number of methoxy groups -OCH3 is 2. The van der Waals surface area contributed by atoms with Gasteiger partial charge in [0.05, 0.1) is 25.6 Å². The first-order valence-corrected chi connectivity index (χ1v) is 12.2. The Morgan fingerprint density at radius 1 is 0.794 bits per heavy atom. The van der Waals surface area contributed by atoms with E-state index in [1.807, 2.05) is 32.9 Å². The number of sulfonamides is 1. The van der Waals surface area contributed by atoms with Crippen LogP contribution in [0.4, 0.5) is 11.4 Å². The van der Waals surface area contributed by atoms with E-state index in [1.165, 1.54) is 14.2 Å². The highest BCUT2D eigenvalue weighted by atomic mass is 32.2. The average molecular weight is 483 g/mol. The van der Waals surface area contributed by atoms with Crippen LogP contribution in [0.15, 0.2) is 59.5 Å². The molecule has 0 heterocycles. The Labute approximate surface area is 201 Å². The Morgan fingerprint density at radius 3 is 1.94 bits per heavy atom. The lowest BCUT2D eigenvalue weighted by Crippen LogP contribution is -2.38. The fraction of sp³-hybridized carbons (Fsp3) is 0.269. The summed E-state index contributed by atoms with van der Waals surface area (Å²) in [5, 5.41) is 2.79. The molecule has 0 aliphatic carbocycles. The average Bonchev–Trinajstić information content (AvgIpc) is 2.76. The van der Waals surface area contributed by atoms with Crippen LogP contribution >= 0.6 is 0 Å². The first kappa shape index (κ1) is 25.1. The topological polar surface area (TPSA) is 84.9 Å². The summed E-state index contributed by atoms with van der Waals surface area (Å²) >= 11 is 0. The molecule has 0 radical (unpaired) electrons. The highest BCUT2D eigenvalue weighted by Crippen LogP contribution is 2.32. The van der Waals surface area contributed by atoms with Gasteiger partial charge in [0.25, 0.3) is 10.0 Å². The van der Waals surface area contributed by atoms with E-state index in [2.05, 4.69) is 5.32 Å². The molecular weight excluding hydrogens is 452 g/mol. The van der Waals surface area contributed by atoms with Gasteiger partial charge in [0.2, 0.25) is 5.91 Å². The second-order valence-corrected chi connectivity index (χ2v) is 10.1. The molecule has 3 rings (SSSR count). The van der Waals surface area contributed by atoms with Gasteiger partial charge in [0.15, 0.2) is 0 Å². The van der Waals surface area contributed by atoms with Gasteiger partial charge in [-0.3, -0.25) is 9.10 Å². The van der Waals surface area contributed by atoms with Crippen molar-refractivity contribution in [2.24, 2.45) is 0 Å². The summed E-state index contributed by atoms with van der Waals surface area (Å²) in [5.41, 5.74) is 4.32. The molecule has 7 nitrogen and oxygen atoms in total. The van der Waals surface area contributed by atoms with Crippen LogP contribution in [0.5, 0.6) is 11.5 Å². The lowest BCUT2D eigenvalue weighted by atomic mass is 10.1. The van der Waals surface area contributed by atoms with Crippen molar-refractivity contribution >= 4 is 27.3 Å². The number of carbonyl (C=O) groups excluding carboxylic acids is 1. The third-order valence-electron chi connectivity index (χ3n) is 5.30. The normalized spacial score (nSPS) is 11.1. The molecule has 0 atom stereocenters. The number of nitrogens with zero attached hydrogens (tertiary/aromatic N) is 1. The molecule has 3 aromatic rings. The third-order valence-corrected chi connectivity index (χ3v) is 7.09. The number of carbonyl (C=O) groups is 1. The Bertz CT molecular complexity index is 1300. The summed E-state index contributed by atoms with van der Waals surface area (Å²) in [5.74, 6) is 0.194. The molecule has 8 heteroatoms. The van der Waals surface area contributed by atoms with Crippen LogP contribution in [0.1, 0.15) is 22.3 Å². The van der Waals surface area contributed by atoms with E-state index in [4.69, 9.17) is 9.47 Å². The van der Waals surface area contributed by atoms with Crippen LogP contribution in [0.2, 0.25) is 0 Å². The van der Waals surface area contributed by atoms with Crippen LogP contribution in [0.3, 0.4) is 0 Å². The molecule has 0 saturated heterocycles. The lowest BCUT2D eigenvalue weighted by molar-refractivity contribution is -0.114. The molecule has 0 spiro atoms. The van der Waals surface area contributed by atoms with Crippen LogP contribution in [-0.4, -0.2) is 35.1 Å². The van der Waals surface area contributed by atoms with Crippen molar-refractivity contribution in [3.8, 4) is 11.5 Å². The van der Waals surface area contributed by atoms with Crippen LogP contribution in [0, 0.1) is 27.7 Å². The van der Waals surface area contributed by atoms with Gasteiger partial charge >= 0.3 is 0 Å². The molecule has 0 aliphatic heterocycles. The molecule has 34 heavy (non-hydrogen) atoms. The Kier molecular flexibility index (Phi) is 7.51. The van der Waals surface area contributed by atoms with E-state index in [1.54, 1.807) is 49.4 Å². The first-order valence-electron chi connectivity index (χ1n) is 10.8. The molecule has 180 valence electrons. The molecule has 0 fully saturated rings. The SMILES string of the molecule is COc1ccc(C)cc1NC(=O)CN(c1cc(C)cc(C)c1)S(=O)(=O)c1cc(C)ccc1OC. The summed E-state index contributed by atoms with van der Waals surface area (Å²) < 4.78 is 39.6. The fourth-order valence-electron chi connectivity index (χ4n) is 3.75. The predicted octanol–water partition coefficient (Wildman–Crippen LogP) is 4.77. The van der Waals surface area contributed by atoms with E-state index < -0.39 is 22.5 Å². The van der Waals surface area contributed by atoms with Crippen molar-refractivity contribution in [1.82, 2.24) is 0 Å². The monoisotopic (exact) mass is 482 g/mol. The lowest BCUT2D eigenvalue weighted by Gasteiger charge is -2.26.